The summed E-state index contributed by atoms with van der Waals surface area (Å²) >= 11 is 5.43. The summed E-state index contributed by atoms with van der Waals surface area (Å²) in [5, 5.41) is 5.53. The van der Waals surface area contributed by atoms with Gasteiger partial charge in [0.2, 0.25) is 5.91 Å². The lowest BCUT2D eigenvalue weighted by Crippen LogP contribution is -2.41. The molecule has 4 heteroatoms. The number of carbonyl (C=O) groups is 1. The Hall–Kier alpha value is -2.98. The quantitative estimate of drug-likeness (QED) is 0.547. The van der Waals surface area contributed by atoms with Crippen LogP contribution in [0.5, 0.6) is 0 Å². The van der Waals surface area contributed by atoms with Gasteiger partial charge in [0.1, 0.15) is 0 Å². The highest BCUT2D eigenvalue weighted by atomic mass is 32.1. The van der Waals surface area contributed by atoms with Gasteiger partial charge in [-0.15, -0.1) is 0 Å². The number of anilines is 1. The number of hydrogen-bond donors (Lipinski definition) is 1. The SMILES string of the molecule is O=C(C=Cc1cccc2ccccc12)NC(=S)N1CCc2ccccc21. The van der Waals surface area contributed by atoms with Gasteiger partial charge in [-0.2, -0.15) is 0 Å². The summed E-state index contributed by atoms with van der Waals surface area (Å²) in [6, 6.07) is 22.3. The van der Waals surface area contributed by atoms with Crippen molar-refractivity contribution in [3.63, 3.8) is 0 Å². The zero-order valence-corrected chi connectivity index (χ0v) is 15.0. The number of para-hydroxylation sites is 1. The van der Waals surface area contributed by atoms with Crippen LogP contribution in [-0.4, -0.2) is 17.6 Å². The number of thiocarbonyl (C=S) groups is 1. The Kier molecular flexibility index (Phi) is 4.50. The number of hydrogen-bond acceptors (Lipinski definition) is 2. The van der Waals surface area contributed by atoms with Crippen LogP contribution in [0.15, 0.2) is 72.8 Å². The molecule has 1 aliphatic rings. The molecule has 0 radical (unpaired) electrons. The molecular formula is C22H18N2OS. The van der Waals surface area contributed by atoms with Crippen LogP contribution in [0.3, 0.4) is 0 Å². The topological polar surface area (TPSA) is 32.3 Å². The molecule has 0 atom stereocenters. The van der Waals surface area contributed by atoms with Gasteiger partial charge in [-0.1, -0.05) is 60.7 Å². The predicted molar refractivity (Wildman–Crippen MR) is 111 cm³/mol. The molecule has 0 aliphatic carbocycles. The van der Waals surface area contributed by atoms with E-state index < -0.39 is 0 Å². The van der Waals surface area contributed by atoms with Crippen LogP contribution < -0.4 is 10.2 Å². The Morgan fingerprint density at radius 2 is 1.77 bits per heavy atom. The van der Waals surface area contributed by atoms with Gasteiger partial charge in [0.25, 0.3) is 0 Å². The van der Waals surface area contributed by atoms with Crippen LogP contribution in [0.4, 0.5) is 5.69 Å². The highest BCUT2D eigenvalue weighted by molar-refractivity contribution is 7.80. The average Bonchev–Trinajstić information content (AvgIpc) is 3.10. The number of carbonyl (C=O) groups excluding carboxylic acids is 1. The fourth-order valence-corrected chi connectivity index (χ4v) is 3.62. The number of rotatable bonds is 2. The molecule has 0 fully saturated rings. The molecule has 3 nitrogen and oxygen atoms in total. The molecule has 1 N–H and O–H groups in total. The van der Waals surface area contributed by atoms with Crippen molar-refractivity contribution in [3.05, 3.63) is 83.9 Å². The van der Waals surface area contributed by atoms with Crippen LogP contribution in [0.1, 0.15) is 11.1 Å². The van der Waals surface area contributed by atoms with Gasteiger partial charge in [0.05, 0.1) is 0 Å². The highest BCUT2D eigenvalue weighted by Crippen LogP contribution is 2.27. The second kappa shape index (κ2) is 7.10. The maximum absolute atomic E-state index is 12.3. The molecule has 1 amide bonds. The third-order valence-corrected chi connectivity index (χ3v) is 4.92. The first-order valence-electron chi connectivity index (χ1n) is 8.58. The first kappa shape index (κ1) is 16.5. The normalized spacial score (nSPS) is 13.2. The van der Waals surface area contributed by atoms with Gasteiger partial charge in [0, 0.05) is 18.3 Å². The highest BCUT2D eigenvalue weighted by Gasteiger charge is 2.22. The number of fused-ring (bicyclic) bond motifs is 2. The van der Waals surface area contributed by atoms with Gasteiger partial charge in [-0.25, -0.2) is 0 Å². The largest absolute Gasteiger partial charge is 0.318 e. The van der Waals surface area contributed by atoms with Crippen molar-refractivity contribution in [2.24, 2.45) is 0 Å². The van der Waals surface area contributed by atoms with Crippen LogP contribution in [0, 0.1) is 0 Å². The Balaban J connectivity index is 1.47. The first-order valence-corrected chi connectivity index (χ1v) is 8.99. The van der Waals surface area contributed by atoms with E-state index in [2.05, 4.69) is 29.6 Å². The Morgan fingerprint density at radius 1 is 1.00 bits per heavy atom. The van der Waals surface area contributed by atoms with Crippen molar-refractivity contribution < 1.29 is 4.79 Å². The second-order valence-corrected chi connectivity index (χ2v) is 6.61. The van der Waals surface area contributed by atoms with E-state index in [1.807, 2.05) is 53.4 Å². The summed E-state index contributed by atoms with van der Waals surface area (Å²) in [5.74, 6) is -0.215. The van der Waals surface area contributed by atoms with Gasteiger partial charge < -0.3 is 4.90 Å². The van der Waals surface area contributed by atoms with E-state index in [0.717, 1.165) is 35.0 Å². The molecule has 1 aliphatic heterocycles. The molecule has 0 aromatic heterocycles. The molecule has 0 saturated heterocycles. The number of nitrogens with zero attached hydrogens (tertiary/aromatic N) is 1. The smallest absolute Gasteiger partial charge is 0.250 e. The van der Waals surface area contributed by atoms with E-state index in [0.29, 0.717) is 5.11 Å². The number of benzene rings is 3. The molecule has 0 saturated carbocycles. The van der Waals surface area contributed by atoms with Crippen molar-refractivity contribution >= 4 is 45.8 Å². The molecule has 1 heterocycles. The van der Waals surface area contributed by atoms with E-state index in [4.69, 9.17) is 12.2 Å². The first-order chi connectivity index (χ1) is 12.7. The van der Waals surface area contributed by atoms with Crippen molar-refractivity contribution in [2.45, 2.75) is 6.42 Å². The fraction of sp³-hybridized carbons (Fsp3) is 0.0909. The van der Waals surface area contributed by atoms with E-state index in [9.17, 15) is 4.79 Å². The minimum atomic E-state index is -0.215. The summed E-state index contributed by atoms with van der Waals surface area (Å²) < 4.78 is 0. The van der Waals surface area contributed by atoms with Crippen LogP contribution >= 0.6 is 12.2 Å². The van der Waals surface area contributed by atoms with E-state index in [1.165, 1.54) is 11.6 Å². The number of amides is 1. The molecule has 0 spiro atoms. The molecule has 26 heavy (non-hydrogen) atoms. The van der Waals surface area contributed by atoms with Crippen LogP contribution in [-0.2, 0) is 11.2 Å². The molecule has 128 valence electrons. The average molecular weight is 358 g/mol. The minimum absolute atomic E-state index is 0.215. The summed E-state index contributed by atoms with van der Waals surface area (Å²) in [5.41, 5.74) is 3.35. The lowest BCUT2D eigenvalue weighted by molar-refractivity contribution is -0.115. The van der Waals surface area contributed by atoms with Crippen molar-refractivity contribution in [1.29, 1.82) is 0 Å². The van der Waals surface area contributed by atoms with E-state index >= 15 is 0 Å². The third-order valence-electron chi connectivity index (χ3n) is 4.60. The molecular weight excluding hydrogens is 340 g/mol. The predicted octanol–water partition coefficient (Wildman–Crippen LogP) is 4.32. The Labute approximate surface area is 157 Å². The molecule has 3 aromatic carbocycles. The van der Waals surface area contributed by atoms with Crippen molar-refractivity contribution in [3.8, 4) is 0 Å². The maximum atomic E-state index is 12.3. The second-order valence-electron chi connectivity index (χ2n) is 6.23. The molecule has 4 rings (SSSR count). The number of nitrogens with one attached hydrogen (secondary N) is 1. The Bertz CT molecular complexity index is 1020. The Morgan fingerprint density at radius 3 is 2.69 bits per heavy atom. The monoisotopic (exact) mass is 358 g/mol. The summed E-state index contributed by atoms with van der Waals surface area (Å²) in [4.78, 5) is 14.3. The van der Waals surface area contributed by atoms with E-state index in [-0.39, 0.29) is 5.91 Å². The van der Waals surface area contributed by atoms with Crippen molar-refractivity contribution in [2.75, 3.05) is 11.4 Å². The summed E-state index contributed by atoms with van der Waals surface area (Å²) in [7, 11) is 0. The lowest BCUT2D eigenvalue weighted by Gasteiger charge is -2.19. The van der Waals surface area contributed by atoms with Gasteiger partial charge in [-0.05, 0) is 52.7 Å². The zero-order valence-electron chi connectivity index (χ0n) is 14.2. The van der Waals surface area contributed by atoms with Crippen LogP contribution in [0.25, 0.3) is 16.8 Å². The molecule has 0 unspecified atom stereocenters. The standard InChI is InChI=1S/C22H18N2OS/c25-21(13-12-17-9-5-8-16-6-1-3-10-19(16)17)23-22(26)24-15-14-18-7-2-4-11-20(18)24/h1-13H,14-15H2,(H,23,25,26). The van der Waals surface area contributed by atoms with Gasteiger partial charge >= 0.3 is 0 Å². The lowest BCUT2D eigenvalue weighted by atomic mass is 10.0. The maximum Gasteiger partial charge on any atom is 0.250 e. The van der Waals surface area contributed by atoms with Crippen LogP contribution in [0.2, 0.25) is 0 Å². The minimum Gasteiger partial charge on any atom is -0.318 e. The molecule has 0 bridgehead atoms. The van der Waals surface area contributed by atoms with Gasteiger partial charge in [0.15, 0.2) is 5.11 Å². The third kappa shape index (κ3) is 3.24. The fourth-order valence-electron chi connectivity index (χ4n) is 3.33. The van der Waals surface area contributed by atoms with E-state index in [1.54, 1.807) is 0 Å². The molecule has 3 aromatic rings. The van der Waals surface area contributed by atoms with Gasteiger partial charge in [-0.3, -0.25) is 10.1 Å². The summed E-state index contributed by atoms with van der Waals surface area (Å²) in [6.07, 6.45) is 4.31. The van der Waals surface area contributed by atoms with Crippen molar-refractivity contribution in [1.82, 2.24) is 5.32 Å². The zero-order chi connectivity index (χ0) is 17.9. The summed E-state index contributed by atoms with van der Waals surface area (Å²) in [6.45, 7) is 0.797.